The van der Waals surface area contributed by atoms with Gasteiger partial charge in [0.05, 0.1) is 11.6 Å². The van der Waals surface area contributed by atoms with Crippen LogP contribution >= 0.6 is 27.7 Å². The van der Waals surface area contributed by atoms with E-state index in [1.807, 2.05) is 0 Å². The van der Waals surface area contributed by atoms with Gasteiger partial charge in [-0.25, -0.2) is 0 Å². The highest BCUT2D eigenvalue weighted by Gasteiger charge is 2.27. The van der Waals surface area contributed by atoms with Gasteiger partial charge in [0, 0.05) is 11.8 Å². The molecule has 1 heterocycles. The van der Waals surface area contributed by atoms with Gasteiger partial charge in [-0.1, -0.05) is 13.0 Å². The molecule has 0 spiro atoms. The molecule has 2 unspecified atom stereocenters. The van der Waals surface area contributed by atoms with Gasteiger partial charge >= 0.3 is 0 Å². The van der Waals surface area contributed by atoms with Crippen LogP contribution < -0.4 is 10.1 Å². The molecule has 0 aliphatic carbocycles. The summed E-state index contributed by atoms with van der Waals surface area (Å²) in [6, 6.07) is 7.10. The van der Waals surface area contributed by atoms with Gasteiger partial charge in [0.2, 0.25) is 0 Å². The summed E-state index contributed by atoms with van der Waals surface area (Å²) in [6.07, 6.45) is 2.36. The lowest BCUT2D eigenvalue weighted by atomic mass is 9.95. The maximum atomic E-state index is 5.28. The van der Waals surface area contributed by atoms with E-state index in [1.165, 1.54) is 23.5 Å². The van der Waals surface area contributed by atoms with Gasteiger partial charge in [-0.3, -0.25) is 0 Å². The van der Waals surface area contributed by atoms with Crippen LogP contribution in [0.2, 0.25) is 0 Å². The Kier molecular flexibility index (Phi) is 6.05. The van der Waals surface area contributed by atoms with E-state index < -0.39 is 0 Å². The zero-order chi connectivity index (χ0) is 13.7. The zero-order valence-corrected chi connectivity index (χ0v) is 14.0. The average molecular weight is 344 g/mol. The second-order valence-corrected chi connectivity index (χ2v) is 6.96. The normalized spacial score (nSPS) is 22.7. The smallest absolute Gasteiger partial charge is 0.133 e. The van der Waals surface area contributed by atoms with Crippen molar-refractivity contribution >= 4 is 27.7 Å². The Labute approximate surface area is 128 Å². The van der Waals surface area contributed by atoms with Crippen LogP contribution in [0, 0.1) is 5.92 Å². The largest absolute Gasteiger partial charge is 0.496 e. The van der Waals surface area contributed by atoms with Crippen molar-refractivity contribution in [2.75, 3.05) is 25.2 Å². The van der Waals surface area contributed by atoms with Crippen LogP contribution in [-0.4, -0.2) is 31.2 Å². The minimum atomic E-state index is 0.672. The Morgan fingerprint density at radius 1 is 1.42 bits per heavy atom. The summed E-state index contributed by atoms with van der Waals surface area (Å²) in [7, 11) is 1.71. The average Bonchev–Trinajstić information content (AvgIpc) is 2.84. The molecule has 2 rings (SSSR count). The van der Waals surface area contributed by atoms with Crippen LogP contribution in [0.25, 0.3) is 0 Å². The second-order valence-electron chi connectivity index (χ2n) is 5.03. The molecule has 2 atom stereocenters. The van der Waals surface area contributed by atoms with Crippen LogP contribution in [-0.2, 0) is 6.42 Å². The Balaban J connectivity index is 1.97. The van der Waals surface area contributed by atoms with E-state index >= 15 is 0 Å². The number of methoxy groups -OCH3 is 1. The minimum absolute atomic E-state index is 0.672. The molecule has 1 saturated heterocycles. The summed E-state index contributed by atoms with van der Waals surface area (Å²) < 4.78 is 6.33. The predicted molar refractivity (Wildman–Crippen MR) is 87.3 cm³/mol. The van der Waals surface area contributed by atoms with Crippen molar-refractivity contribution in [3.05, 3.63) is 28.2 Å². The van der Waals surface area contributed by atoms with Gasteiger partial charge in [-0.05, 0) is 64.7 Å². The highest BCUT2D eigenvalue weighted by Crippen LogP contribution is 2.30. The molecule has 4 heteroatoms. The van der Waals surface area contributed by atoms with Gasteiger partial charge in [0.1, 0.15) is 5.75 Å². The maximum absolute atomic E-state index is 5.28. The first-order valence-corrected chi connectivity index (χ1v) is 8.83. The summed E-state index contributed by atoms with van der Waals surface area (Å²) in [4.78, 5) is 0. The lowest BCUT2D eigenvalue weighted by Gasteiger charge is -2.20. The summed E-state index contributed by atoms with van der Waals surface area (Å²) in [5.74, 6) is 4.18. The molecule has 1 N–H and O–H groups in total. The number of ether oxygens (including phenoxy) is 1. The van der Waals surface area contributed by atoms with Crippen LogP contribution in [0.15, 0.2) is 22.7 Å². The number of thioether (sulfide) groups is 1. The van der Waals surface area contributed by atoms with E-state index in [-0.39, 0.29) is 0 Å². The van der Waals surface area contributed by atoms with Crippen molar-refractivity contribution in [1.82, 2.24) is 5.32 Å². The van der Waals surface area contributed by atoms with E-state index in [4.69, 9.17) is 4.74 Å². The van der Waals surface area contributed by atoms with E-state index in [1.54, 1.807) is 7.11 Å². The Morgan fingerprint density at radius 3 is 2.95 bits per heavy atom. The molecule has 0 aromatic heterocycles. The standard InChI is InChI=1S/C15H22BrNOS/c1-3-6-17-14-10-19-9-12(14)7-11-4-5-15(18-2)13(16)8-11/h4-5,8,12,14,17H,3,6-7,9-10H2,1-2H3. The van der Waals surface area contributed by atoms with Crippen molar-refractivity contribution in [2.45, 2.75) is 25.8 Å². The first kappa shape index (κ1) is 15.2. The highest BCUT2D eigenvalue weighted by atomic mass is 79.9. The Morgan fingerprint density at radius 2 is 2.26 bits per heavy atom. The fourth-order valence-corrected chi connectivity index (χ4v) is 4.52. The molecule has 106 valence electrons. The molecule has 19 heavy (non-hydrogen) atoms. The van der Waals surface area contributed by atoms with Gasteiger partial charge < -0.3 is 10.1 Å². The second kappa shape index (κ2) is 7.55. The molecule has 0 amide bonds. The molecule has 1 aromatic carbocycles. The first-order chi connectivity index (χ1) is 9.24. The summed E-state index contributed by atoms with van der Waals surface area (Å²) >= 11 is 5.64. The van der Waals surface area contributed by atoms with Crippen LogP contribution in [0.5, 0.6) is 5.75 Å². The van der Waals surface area contributed by atoms with Gasteiger partial charge in [-0.15, -0.1) is 0 Å². The summed E-state index contributed by atoms with van der Waals surface area (Å²) in [6.45, 7) is 3.36. The van der Waals surface area contributed by atoms with E-state index in [2.05, 4.69) is 58.1 Å². The highest BCUT2D eigenvalue weighted by molar-refractivity contribution is 9.10. The molecule has 2 nitrogen and oxygen atoms in total. The molecule has 0 saturated carbocycles. The van der Waals surface area contributed by atoms with Gasteiger partial charge in [-0.2, -0.15) is 11.8 Å². The lowest BCUT2D eigenvalue weighted by Crippen LogP contribution is -2.36. The molecular weight excluding hydrogens is 322 g/mol. The third-order valence-electron chi connectivity index (χ3n) is 3.57. The van der Waals surface area contributed by atoms with E-state index in [9.17, 15) is 0 Å². The molecule has 0 radical (unpaired) electrons. The van der Waals surface area contributed by atoms with E-state index in [0.29, 0.717) is 6.04 Å². The third kappa shape index (κ3) is 4.14. The molecule has 0 bridgehead atoms. The summed E-state index contributed by atoms with van der Waals surface area (Å²) in [5, 5.41) is 3.68. The van der Waals surface area contributed by atoms with Gasteiger partial charge in [0.15, 0.2) is 0 Å². The quantitative estimate of drug-likeness (QED) is 0.850. The molecule has 1 aliphatic heterocycles. The monoisotopic (exact) mass is 343 g/mol. The van der Waals surface area contributed by atoms with Crippen LogP contribution in [0.3, 0.4) is 0 Å². The number of hydrogen-bond acceptors (Lipinski definition) is 3. The number of benzene rings is 1. The lowest BCUT2D eigenvalue weighted by molar-refractivity contribution is 0.410. The zero-order valence-electron chi connectivity index (χ0n) is 11.6. The number of hydrogen-bond donors (Lipinski definition) is 1. The van der Waals surface area contributed by atoms with Crippen molar-refractivity contribution in [1.29, 1.82) is 0 Å². The number of halogens is 1. The Hall–Kier alpha value is -0.190. The van der Waals surface area contributed by atoms with Crippen molar-refractivity contribution in [3.63, 3.8) is 0 Å². The first-order valence-electron chi connectivity index (χ1n) is 6.88. The fraction of sp³-hybridized carbons (Fsp3) is 0.600. The Bertz CT molecular complexity index is 413. The summed E-state index contributed by atoms with van der Waals surface area (Å²) in [5.41, 5.74) is 1.39. The van der Waals surface area contributed by atoms with Crippen molar-refractivity contribution in [3.8, 4) is 5.75 Å². The van der Waals surface area contributed by atoms with Gasteiger partial charge in [0.25, 0.3) is 0 Å². The van der Waals surface area contributed by atoms with Crippen molar-refractivity contribution < 1.29 is 4.74 Å². The SMILES string of the molecule is CCCNC1CSCC1Cc1ccc(OC)c(Br)c1. The predicted octanol–water partition coefficient (Wildman–Crippen LogP) is 3.73. The third-order valence-corrected chi connectivity index (χ3v) is 5.45. The van der Waals surface area contributed by atoms with E-state index in [0.717, 1.165) is 29.1 Å². The molecular formula is C15H22BrNOS. The molecule has 1 aliphatic rings. The van der Waals surface area contributed by atoms with Crippen LogP contribution in [0.1, 0.15) is 18.9 Å². The minimum Gasteiger partial charge on any atom is -0.496 e. The molecule has 1 fully saturated rings. The van der Waals surface area contributed by atoms with Crippen LogP contribution in [0.4, 0.5) is 0 Å². The molecule has 1 aromatic rings. The fourth-order valence-electron chi connectivity index (χ4n) is 2.49. The topological polar surface area (TPSA) is 21.3 Å². The maximum Gasteiger partial charge on any atom is 0.133 e. The van der Waals surface area contributed by atoms with Crippen molar-refractivity contribution in [2.24, 2.45) is 5.92 Å². The number of rotatable bonds is 6. The number of nitrogens with one attached hydrogen (secondary N) is 1.